The molecule has 4 nitrogen and oxygen atoms in total. The molecule has 5 heteroatoms. The SMILES string of the molecule is Cn1cncc1C(=O)NCC1CCCCC1CBr. The second-order valence-electron chi connectivity index (χ2n) is 5.06. The van der Waals surface area contributed by atoms with Gasteiger partial charge in [-0.25, -0.2) is 4.98 Å². The van der Waals surface area contributed by atoms with Crippen molar-refractivity contribution in [1.82, 2.24) is 14.9 Å². The summed E-state index contributed by atoms with van der Waals surface area (Å²) in [5.74, 6) is 1.29. The summed E-state index contributed by atoms with van der Waals surface area (Å²) in [7, 11) is 1.84. The smallest absolute Gasteiger partial charge is 0.269 e. The van der Waals surface area contributed by atoms with Gasteiger partial charge in [-0.2, -0.15) is 0 Å². The van der Waals surface area contributed by atoms with Gasteiger partial charge >= 0.3 is 0 Å². The number of halogens is 1. The highest BCUT2D eigenvalue weighted by atomic mass is 79.9. The van der Waals surface area contributed by atoms with Crippen molar-refractivity contribution in [2.75, 3.05) is 11.9 Å². The lowest BCUT2D eigenvalue weighted by Gasteiger charge is -2.30. The number of nitrogens with one attached hydrogen (secondary N) is 1. The second-order valence-corrected chi connectivity index (χ2v) is 5.71. The highest BCUT2D eigenvalue weighted by Gasteiger charge is 2.24. The number of alkyl halides is 1. The maximum atomic E-state index is 12.0. The average Bonchev–Trinajstić information content (AvgIpc) is 2.82. The third-order valence-corrected chi connectivity index (χ3v) is 4.67. The van der Waals surface area contributed by atoms with E-state index in [2.05, 4.69) is 26.2 Å². The Morgan fingerprint density at radius 2 is 2.22 bits per heavy atom. The first-order chi connectivity index (χ1) is 8.72. The van der Waals surface area contributed by atoms with Gasteiger partial charge in [-0.1, -0.05) is 28.8 Å². The molecule has 0 aliphatic heterocycles. The van der Waals surface area contributed by atoms with E-state index < -0.39 is 0 Å². The molecule has 0 aromatic carbocycles. The lowest BCUT2D eigenvalue weighted by atomic mass is 9.80. The van der Waals surface area contributed by atoms with Gasteiger partial charge in [0, 0.05) is 18.9 Å². The molecule has 0 radical (unpaired) electrons. The number of hydrogen-bond donors (Lipinski definition) is 1. The van der Waals surface area contributed by atoms with Crippen LogP contribution in [0.3, 0.4) is 0 Å². The molecule has 1 amide bonds. The van der Waals surface area contributed by atoms with Crippen molar-refractivity contribution in [1.29, 1.82) is 0 Å². The minimum absolute atomic E-state index is 0.0195. The van der Waals surface area contributed by atoms with Crippen molar-refractivity contribution in [2.45, 2.75) is 25.7 Å². The van der Waals surface area contributed by atoms with Crippen LogP contribution in [-0.2, 0) is 7.05 Å². The Labute approximate surface area is 116 Å². The summed E-state index contributed by atoms with van der Waals surface area (Å²) in [6.45, 7) is 0.778. The number of imidazole rings is 1. The van der Waals surface area contributed by atoms with Crippen LogP contribution in [0.5, 0.6) is 0 Å². The zero-order valence-electron chi connectivity index (χ0n) is 10.7. The monoisotopic (exact) mass is 313 g/mol. The number of hydrogen-bond acceptors (Lipinski definition) is 2. The number of aromatic nitrogens is 2. The summed E-state index contributed by atoms with van der Waals surface area (Å²) >= 11 is 3.58. The molecular weight excluding hydrogens is 294 g/mol. The summed E-state index contributed by atoms with van der Waals surface area (Å²) in [6.07, 6.45) is 8.37. The third-order valence-electron chi connectivity index (χ3n) is 3.84. The summed E-state index contributed by atoms with van der Waals surface area (Å²) in [4.78, 5) is 15.9. The van der Waals surface area contributed by atoms with Crippen molar-refractivity contribution >= 4 is 21.8 Å². The van der Waals surface area contributed by atoms with E-state index >= 15 is 0 Å². The Morgan fingerprint density at radius 3 is 2.83 bits per heavy atom. The van der Waals surface area contributed by atoms with Crippen molar-refractivity contribution in [3.8, 4) is 0 Å². The Hall–Kier alpha value is -0.840. The molecule has 1 N–H and O–H groups in total. The zero-order valence-corrected chi connectivity index (χ0v) is 12.3. The Kier molecular flexibility index (Phi) is 4.80. The molecule has 18 heavy (non-hydrogen) atoms. The van der Waals surface area contributed by atoms with Crippen molar-refractivity contribution in [3.05, 3.63) is 18.2 Å². The van der Waals surface area contributed by atoms with E-state index in [1.54, 1.807) is 17.1 Å². The second kappa shape index (κ2) is 6.36. The quantitative estimate of drug-likeness (QED) is 0.867. The molecule has 0 bridgehead atoms. The van der Waals surface area contributed by atoms with Gasteiger partial charge in [-0.3, -0.25) is 4.79 Å². The van der Waals surface area contributed by atoms with Crippen molar-refractivity contribution in [2.24, 2.45) is 18.9 Å². The number of aryl methyl sites for hydroxylation is 1. The fourth-order valence-corrected chi connectivity index (χ4v) is 3.50. The predicted octanol–water partition coefficient (Wildman–Crippen LogP) is 2.35. The van der Waals surface area contributed by atoms with Crippen molar-refractivity contribution < 1.29 is 4.79 Å². The molecule has 1 fully saturated rings. The number of rotatable bonds is 4. The van der Waals surface area contributed by atoms with E-state index in [0.29, 0.717) is 17.5 Å². The maximum absolute atomic E-state index is 12.0. The van der Waals surface area contributed by atoms with Crippen LogP contribution in [0.2, 0.25) is 0 Å². The van der Waals surface area contributed by atoms with Gasteiger partial charge in [-0.05, 0) is 24.7 Å². The van der Waals surface area contributed by atoms with E-state index in [0.717, 1.165) is 11.9 Å². The van der Waals surface area contributed by atoms with Gasteiger partial charge in [0.05, 0.1) is 12.5 Å². The van der Waals surface area contributed by atoms with Crippen LogP contribution < -0.4 is 5.32 Å². The molecule has 1 aliphatic rings. The molecule has 2 atom stereocenters. The lowest BCUT2D eigenvalue weighted by molar-refractivity contribution is 0.0929. The third kappa shape index (κ3) is 3.13. The topological polar surface area (TPSA) is 46.9 Å². The Morgan fingerprint density at radius 1 is 1.50 bits per heavy atom. The first kappa shape index (κ1) is 13.6. The largest absolute Gasteiger partial charge is 0.350 e. The van der Waals surface area contributed by atoms with Gasteiger partial charge in [-0.15, -0.1) is 0 Å². The van der Waals surface area contributed by atoms with Gasteiger partial charge < -0.3 is 9.88 Å². The predicted molar refractivity (Wildman–Crippen MR) is 74.8 cm³/mol. The lowest BCUT2D eigenvalue weighted by Crippen LogP contribution is -2.35. The van der Waals surface area contributed by atoms with Crippen LogP contribution in [0, 0.1) is 11.8 Å². The molecule has 1 saturated carbocycles. The van der Waals surface area contributed by atoms with E-state index in [9.17, 15) is 4.79 Å². The van der Waals surface area contributed by atoms with E-state index in [4.69, 9.17) is 0 Å². The van der Waals surface area contributed by atoms with Crippen LogP contribution in [0.1, 0.15) is 36.2 Å². The van der Waals surface area contributed by atoms with Gasteiger partial charge in [0.25, 0.3) is 5.91 Å². The minimum atomic E-state index is -0.0195. The normalized spacial score (nSPS) is 23.9. The molecular formula is C13H20BrN3O. The summed E-state index contributed by atoms with van der Waals surface area (Å²) in [5, 5.41) is 4.08. The molecule has 2 unspecified atom stereocenters. The van der Waals surface area contributed by atoms with Gasteiger partial charge in [0.2, 0.25) is 0 Å². The Balaban J connectivity index is 1.87. The summed E-state index contributed by atoms with van der Waals surface area (Å²) < 4.78 is 1.75. The van der Waals surface area contributed by atoms with E-state index in [1.807, 2.05) is 7.05 Å². The molecule has 1 aromatic heterocycles. The van der Waals surface area contributed by atoms with Crippen LogP contribution >= 0.6 is 15.9 Å². The Bertz CT molecular complexity index is 405. The summed E-state index contributed by atoms with van der Waals surface area (Å²) in [5.41, 5.74) is 0.626. The van der Waals surface area contributed by atoms with Gasteiger partial charge in [0.15, 0.2) is 0 Å². The number of amides is 1. The highest BCUT2D eigenvalue weighted by molar-refractivity contribution is 9.09. The molecule has 0 spiro atoms. The molecule has 100 valence electrons. The van der Waals surface area contributed by atoms with Crippen molar-refractivity contribution in [3.63, 3.8) is 0 Å². The number of carbonyl (C=O) groups is 1. The molecule has 1 heterocycles. The summed E-state index contributed by atoms with van der Waals surface area (Å²) in [6, 6.07) is 0. The standard InChI is InChI=1S/C13H20BrN3O/c1-17-9-15-8-12(17)13(18)16-7-11-5-3-2-4-10(11)6-14/h8-11H,2-7H2,1H3,(H,16,18). The fourth-order valence-electron chi connectivity index (χ4n) is 2.65. The van der Waals surface area contributed by atoms with Crippen LogP contribution in [0.25, 0.3) is 0 Å². The van der Waals surface area contributed by atoms with Crippen LogP contribution in [-0.4, -0.2) is 27.3 Å². The maximum Gasteiger partial charge on any atom is 0.269 e. The van der Waals surface area contributed by atoms with Crippen LogP contribution in [0.4, 0.5) is 0 Å². The molecule has 2 rings (SSSR count). The zero-order chi connectivity index (χ0) is 13.0. The average molecular weight is 314 g/mol. The fraction of sp³-hybridized carbons (Fsp3) is 0.692. The number of nitrogens with zero attached hydrogens (tertiary/aromatic N) is 2. The molecule has 0 saturated heterocycles. The molecule has 1 aromatic rings. The van der Waals surface area contributed by atoms with Crippen LogP contribution in [0.15, 0.2) is 12.5 Å². The molecule has 1 aliphatic carbocycles. The number of carbonyl (C=O) groups excluding carboxylic acids is 1. The first-order valence-electron chi connectivity index (χ1n) is 6.53. The van der Waals surface area contributed by atoms with E-state index in [-0.39, 0.29) is 5.91 Å². The van der Waals surface area contributed by atoms with Gasteiger partial charge in [0.1, 0.15) is 5.69 Å². The highest BCUT2D eigenvalue weighted by Crippen LogP contribution is 2.30. The minimum Gasteiger partial charge on any atom is -0.350 e. The first-order valence-corrected chi connectivity index (χ1v) is 7.65. The van der Waals surface area contributed by atoms with E-state index in [1.165, 1.54) is 25.7 Å².